The lowest BCUT2D eigenvalue weighted by Gasteiger charge is -2.13. The molecule has 0 aromatic heterocycles. The summed E-state index contributed by atoms with van der Waals surface area (Å²) in [5, 5.41) is 2.54. The molecule has 0 saturated heterocycles. The van der Waals surface area contributed by atoms with Crippen LogP contribution in [0.5, 0.6) is 5.75 Å². The fraction of sp³-hybridized carbons (Fsp3) is 0.462. The quantitative estimate of drug-likeness (QED) is 0.807. The van der Waals surface area contributed by atoms with Crippen LogP contribution in [0, 0.1) is 0 Å². The van der Waals surface area contributed by atoms with E-state index in [1.807, 2.05) is 0 Å². The molecular weight excluding hydrogens is 289 g/mol. The molecule has 0 spiro atoms. The summed E-state index contributed by atoms with van der Waals surface area (Å²) in [7, 11) is 1.44. The largest absolute Gasteiger partial charge is 0.484 e. The van der Waals surface area contributed by atoms with Gasteiger partial charge in [-0.1, -0.05) is 6.07 Å². The van der Waals surface area contributed by atoms with Crippen LogP contribution in [0.2, 0.25) is 0 Å². The number of carbonyl (C=O) groups excluding carboxylic acids is 1. The van der Waals surface area contributed by atoms with Gasteiger partial charge in [0.2, 0.25) is 5.91 Å². The van der Waals surface area contributed by atoms with Crippen molar-refractivity contribution in [3.05, 3.63) is 24.3 Å². The lowest BCUT2D eigenvalue weighted by molar-refractivity contribution is -0.153. The summed E-state index contributed by atoms with van der Waals surface area (Å²) in [4.78, 5) is 11.7. The number of alkyl halides is 3. The second kappa shape index (κ2) is 7.84. The van der Waals surface area contributed by atoms with Crippen LogP contribution in [-0.2, 0) is 9.53 Å². The van der Waals surface area contributed by atoms with Crippen molar-refractivity contribution in [2.24, 2.45) is 5.73 Å². The Kier molecular flexibility index (Phi) is 6.44. The third-order valence-electron chi connectivity index (χ3n) is 2.53. The first-order valence-corrected chi connectivity index (χ1v) is 6.16. The molecule has 5 nitrogen and oxygen atoms in total. The van der Waals surface area contributed by atoms with E-state index in [1.54, 1.807) is 6.07 Å². The van der Waals surface area contributed by atoms with Crippen LogP contribution in [0.1, 0.15) is 6.42 Å². The number of ether oxygens (including phenoxy) is 2. The number of amides is 1. The van der Waals surface area contributed by atoms with Crippen LogP contribution < -0.4 is 15.8 Å². The number of anilines is 1. The van der Waals surface area contributed by atoms with E-state index in [0.29, 0.717) is 5.69 Å². The van der Waals surface area contributed by atoms with Crippen molar-refractivity contribution in [1.82, 2.24) is 0 Å². The highest BCUT2D eigenvalue weighted by atomic mass is 19.4. The molecule has 0 fully saturated rings. The Balaban J connectivity index is 2.58. The summed E-state index contributed by atoms with van der Waals surface area (Å²) >= 11 is 0. The Morgan fingerprint density at radius 3 is 2.71 bits per heavy atom. The number of carbonyl (C=O) groups is 1. The second-order valence-electron chi connectivity index (χ2n) is 4.28. The van der Waals surface area contributed by atoms with E-state index >= 15 is 0 Å². The minimum atomic E-state index is -4.41. The smallest absolute Gasteiger partial charge is 0.422 e. The molecular formula is C13H17F3N2O3. The second-order valence-corrected chi connectivity index (χ2v) is 4.28. The summed E-state index contributed by atoms with van der Waals surface area (Å²) in [6.45, 7) is -1.19. The van der Waals surface area contributed by atoms with Crippen molar-refractivity contribution in [3.8, 4) is 5.75 Å². The van der Waals surface area contributed by atoms with Crippen LogP contribution >= 0.6 is 0 Å². The zero-order valence-electron chi connectivity index (χ0n) is 11.4. The average molecular weight is 306 g/mol. The molecule has 3 N–H and O–H groups in total. The predicted molar refractivity (Wildman–Crippen MR) is 71.1 cm³/mol. The fourth-order valence-electron chi connectivity index (χ4n) is 1.51. The maximum absolute atomic E-state index is 12.1. The number of benzene rings is 1. The number of nitrogens with two attached hydrogens (primary N) is 1. The van der Waals surface area contributed by atoms with Crippen LogP contribution in [0.4, 0.5) is 18.9 Å². The number of hydrogen-bond donors (Lipinski definition) is 2. The van der Waals surface area contributed by atoms with Gasteiger partial charge >= 0.3 is 6.18 Å². The molecule has 0 saturated carbocycles. The SMILES string of the molecule is COC(CN)CC(=O)Nc1cccc(OCC(F)(F)F)c1. The van der Waals surface area contributed by atoms with Gasteiger partial charge in [0, 0.05) is 25.4 Å². The number of rotatable bonds is 7. The maximum atomic E-state index is 12.1. The Bertz CT molecular complexity index is 462. The first kappa shape index (κ1) is 17.3. The molecule has 1 unspecified atom stereocenters. The van der Waals surface area contributed by atoms with Crippen molar-refractivity contribution in [2.45, 2.75) is 18.7 Å². The Labute approximate surface area is 120 Å². The van der Waals surface area contributed by atoms with Crippen molar-refractivity contribution >= 4 is 11.6 Å². The molecule has 0 aliphatic heterocycles. The molecule has 0 aliphatic carbocycles. The number of halogens is 3. The molecule has 0 radical (unpaired) electrons. The molecule has 1 amide bonds. The number of nitrogens with one attached hydrogen (secondary N) is 1. The van der Waals surface area contributed by atoms with Gasteiger partial charge in [0.15, 0.2) is 6.61 Å². The molecule has 0 heterocycles. The lowest BCUT2D eigenvalue weighted by Crippen LogP contribution is -2.28. The first-order chi connectivity index (χ1) is 9.84. The molecule has 1 rings (SSSR count). The van der Waals surface area contributed by atoms with Crippen molar-refractivity contribution in [2.75, 3.05) is 25.6 Å². The van der Waals surface area contributed by atoms with Gasteiger partial charge in [0.1, 0.15) is 5.75 Å². The minimum Gasteiger partial charge on any atom is -0.484 e. The third kappa shape index (κ3) is 6.96. The molecule has 8 heteroatoms. The Morgan fingerprint density at radius 1 is 1.43 bits per heavy atom. The molecule has 1 atom stereocenters. The van der Waals surface area contributed by atoms with Crippen LogP contribution in [0.25, 0.3) is 0 Å². The standard InChI is InChI=1S/C13H17F3N2O3/c1-20-11(7-17)6-12(19)18-9-3-2-4-10(5-9)21-8-13(14,15)16/h2-5,11H,6-8,17H2,1H3,(H,18,19). The van der Waals surface area contributed by atoms with Gasteiger partial charge < -0.3 is 20.5 Å². The van der Waals surface area contributed by atoms with E-state index in [-0.39, 0.29) is 24.6 Å². The highest BCUT2D eigenvalue weighted by Crippen LogP contribution is 2.21. The van der Waals surface area contributed by atoms with Gasteiger partial charge in [-0.2, -0.15) is 13.2 Å². The van der Waals surface area contributed by atoms with E-state index in [2.05, 4.69) is 10.1 Å². The van der Waals surface area contributed by atoms with Gasteiger partial charge in [0.05, 0.1) is 12.5 Å². The van der Waals surface area contributed by atoms with Crippen molar-refractivity contribution < 1.29 is 27.4 Å². The normalized spacial score (nSPS) is 12.8. The molecule has 0 bridgehead atoms. The third-order valence-corrected chi connectivity index (χ3v) is 2.53. The van der Waals surface area contributed by atoms with Gasteiger partial charge in [-0.05, 0) is 12.1 Å². The number of hydrogen-bond acceptors (Lipinski definition) is 4. The molecule has 118 valence electrons. The summed E-state index contributed by atoms with van der Waals surface area (Å²) in [5.74, 6) is -0.326. The van der Waals surface area contributed by atoms with Crippen LogP contribution in [0.15, 0.2) is 24.3 Å². The van der Waals surface area contributed by atoms with Gasteiger partial charge in [-0.25, -0.2) is 0 Å². The molecule has 1 aromatic rings. The summed E-state index contributed by atoms with van der Waals surface area (Å²) in [6, 6.07) is 5.72. The predicted octanol–water partition coefficient (Wildman–Crippen LogP) is 1.93. The fourth-order valence-corrected chi connectivity index (χ4v) is 1.51. The highest BCUT2D eigenvalue weighted by molar-refractivity contribution is 5.91. The number of methoxy groups -OCH3 is 1. The minimum absolute atomic E-state index is 0.0206. The van der Waals surface area contributed by atoms with Gasteiger partial charge in [0.25, 0.3) is 0 Å². The molecule has 0 aliphatic rings. The first-order valence-electron chi connectivity index (χ1n) is 6.16. The van der Waals surface area contributed by atoms with E-state index in [4.69, 9.17) is 10.5 Å². The van der Waals surface area contributed by atoms with Crippen LogP contribution in [-0.4, -0.2) is 38.4 Å². The Morgan fingerprint density at radius 2 is 2.14 bits per heavy atom. The van der Waals surface area contributed by atoms with E-state index in [9.17, 15) is 18.0 Å². The lowest BCUT2D eigenvalue weighted by atomic mass is 10.2. The van der Waals surface area contributed by atoms with E-state index in [0.717, 1.165) is 0 Å². The monoisotopic (exact) mass is 306 g/mol. The van der Waals surface area contributed by atoms with Gasteiger partial charge in [-0.3, -0.25) is 4.79 Å². The van der Waals surface area contributed by atoms with Crippen molar-refractivity contribution in [1.29, 1.82) is 0 Å². The average Bonchev–Trinajstić information content (AvgIpc) is 2.42. The summed E-state index contributed by atoms with van der Waals surface area (Å²) in [5.41, 5.74) is 5.74. The molecule has 21 heavy (non-hydrogen) atoms. The maximum Gasteiger partial charge on any atom is 0.422 e. The van der Waals surface area contributed by atoms with Crippen LogP contribution in [0.3, 0.4) is 0 Å². The van der Waals surface area contributed by atoms with Crippen molar-refractivity contribution in [3.63, 3.8) is 0 Å². The summed E-state index contributed by atoms with van der Waals surface area (Å²) < 4.78 is 45.7. The van der Waals surface area contributed by atoms with E-state index in [1.165, 1.54) is 25.3 Å². The summed E-state index contributed by atoms with van der Waals surface area (Å²) in [6.07, 6.45) is -4.76. The van der Waals surface area contributed by atoms with Gasteiger partial charge in [-0.15, -0.1) is 0 Å². The molecule has 1 aromatic carbocycles. The zero-order chi connectivity index (χ0) is 15.9. The Hall–Kier alpha value is -1.80. The topological polar surface area (TPSA) is 73.6 Å². The highest BCUT2D eigenvalue weighted by Gasteiger charge is 2.28. The van der Waals surface area contributed by atoms with E-state index < -0.39 is 18.9 Å². The zero-order valence-corrected chi connectivity index (χ0v) is 11.4.